The number of carbonyl (C=O) groups is 1. The minimum absolute atomic E-state index is 0.0989. The van der Waals surface area contributed by atoms with Gasteiger partial charge in [-0.05, 0) is 69.7 Å². The van der Waals surface area contributed by atoms with Crippen molar-refractivity contribution < 1.29 is 22.7 Å². The Morgan fingerprint density at radius 3 is 2.17 bits per heavy atom. The number of para-hydroxylation sites is 2. The number of benzene rings is 3. The molecule has 186 valence electrons. The quantitative estimate of drug-likeness (QED) is 0.410. The van der Waals surface area contributed by atoms with E-state index in [-0.39, 0.29) is 10.9 Å². The molecule has 3 rings (SSSR count). The number of aryl methyl sites for hydroxylation is 1. The second-order valence-electron chi connectivity index (χ2n) is 8.02. The van der Waals surface area contributed by atoms with Crippen molar-refractivity contribution in [2.75, 3.05) is 24.1 Å². The van der Waals surface area contributed by atoms with Gasteiger partial charge < -0.3 is 14.8 Å². The Morgan fingerprint density at radius 2 is 1.54 bits per heavy atom. The molecule has 0 aliphatic rings. The molecule has 3 aromatic rings. The van der Waals surface area contributed by atoms with E-state index in [2.05, 4.69) is 5.32 Å². The minimum Gasteiger partial charge on any atom is -0.494 e. The number of nitrogens with one attached hydrogen (secondary N) is 1. The smallest absolute Gasteiger partial charge is 0.264 e. The molecule has 35 heavy (non-hydrogen) atoms. The molecule has 1 amide bonds. The van der Waals surface area contributed by atoms with Crippen LogP contribution < -0.4 is 19.1 Å². The van der Waals surface area contributed by atoms with Crippen molar-refractivity contribution in [3.8, 4) is 11.5 Å². The first-order chi connectivity index (χ1) is 16.8. The summed E-state index contributed by atoms with van der Waals surface area (Å²) in [6.45, 7) is 7.99. The number of hydrogen-bond donors (Lipinski definition) is 1. The summed E-state index contributed by atoms with van der Waals surface area (Å²) in [7, 11) is -4.04. The maximum atomic E-state index is 13.7. The molecule has 1 atom stereocenters. The molecule has 0 aliphatic heterocycles. The van der Waals surface area contributed by atoms with E-state index >= 15 is 0 Å². The summed E-state index contributed by atoms with van der Waals surface area (Å²) in [5.41, 5.74) is 2.12. The molecular formula is C27H32N2O5S. The van der Waals surface area contributed by atoms with Crippen molar-refractivity contribution >= 4 is 21.6 Å². The van der Waals surface area contributed by atoms with Gasteiger partial charge in [-0.15, -0.1) is 0 Å². The normalized spacial score (nSPS) is 12.0. The molecule has 0 heterocycles. The number of ether oxygens (including phenoxy) is 2. The van der Waals surface area contributed by atoms with E-state index in [0.29, 0.717) is 24.7 Å². The van der Waals surface area contributed by atoms with Crippen LogP contribution in [-0.2, 0) is 14.8 Å². The van der Waals surface area contributed by atoms with Gasteiger partial charge in [0.2, 0.25) is 5.91 Å². The Bertz CT molecular complexity index is 1230. The van der Waals surface area contributed by atoms with Gasteiger partial charge in [-0.2, -0.15) is 0 Å². The van der Waals surface area contributed by atoms with Crippen molar-refractivity contribution in [1.82, 2.24) is 5.32 Å². The highest BCUT2D eigenvalue weighted by molar-refractivity contribution is 7.92. The van der Waals surface area contributed by atoms with Crippen LogP contribution in [0.2, 0.25) is 0 Å². The van der Waals surface area contributed by atoms with Crippen molar-refractivity contribution in [1.29, 1.82) is 0 Å². The summed E-state index contributed by atoms with van der Waals surface area (Å²) >= 11 is 0. The third-order valence-corrected chi connectivity index (χ3v) is 7.17. The summed E-state index contributed by atoms with van der Waals surface area (Å²) in [6.07, 6.45) is 0. The molecule has 7 nitrogen and oxygen atoms in total. The predicted molar refractivity (Wildman–Crippen MR) is 137 cm³/mol. The van der Waals surface area contributed by atoms with Crippen LogP contribution in [0.3, 0.4) is 0 Å². The van der Waals surface area contributed by atoms with Gasteiger partial charge >= 0.3 is 0 Å². The minimum atomic E-state index is -4.04. The molecular weight excluding hydrogens is 464 g/mol. The molecule has 0 bridgehead atoms. The average molecular weight is 497 g/mol. The Hall–Kier alpha value is -3.52. The number of rotatable bonds is 11. The Labute approximate surface area is 207 Å². The van der Waals surface area contributed by atoms with Crippen molar-refractivity contribution in [3.05, 3.63) is 83.9 Å². The zero-order chi connectivity index (χ0) is 25.4. The number of anilines is 1. The Morgan fingerprint density at radius 1 is 0.914 bits per heavy atom. The monoisotopic (exact) mass is 496 g/mol. The maximum Gasteiger partial charge on any atom is 0.264 e. The van der Waals surface area contributed by atoms with Crippen LogP contribution in [0.1, 0.15) is 37.9 Å². The molecule has 0 fully saturated rings. The lowest BCUT2D eigenvalue weighted by Crippen LogP contribution is -2.41. The summed E-state index contributed by atoms with van der Waals surface area (Å²) in [5.74, 6) is 0.698. The molecule has 0 unspecified atom stereocenters. The third-order valence-electron chi connectivity index (χ3n) is 5.40. The van der Waals surface area contributed by atoms with Gasteiger partial charge in [-0.25, -0.2) is 8.42 Å². The van der Waals surface area contributed by atoms with E-state index in [4.69, 9.17) is 9.47 Å². The highest BCUT2D eigenvalue weighted by Gasteiger charge is 2.29. The Kier molecular flexibility index (Phi) is 8.76. The first-order valence-corrected chi connectivity index (χ1v) is 13.0. The largest absolute Gasteiger partial charge is 0.494 e. The molecule has 8 heteroatoms. The zero-order valence-corrected chi connectivity index (χ0v) is 21.3. The summed E-state index contributed by atoms with van der Waals surface area (Å²) in [6, 6.07) is 20.5. The molecule has 3 aromatic carbocycles. The number of amides is 1. The molecule has 1 N–H and O–H groups in total. The Balaban J connectivity index is 1.89. The first-order valence-electron chi connectivity index (χ1n) is 11.6. The summed E-state index contributed by atoms with van der Waals surface area (Å²) in [4.78, 5) is 13.2. The lowest BCUT2D eigenvalue weighted by atomic mass is 10.1. The van der Waals surface area contributed by atoms with E-state index in [0.717, 1.165) is 21.2 Å². The van der Waals surface area contributed by atoms with Crippen molar-refractivity contribution in [2.45, 2.75) is 38.6 Å². The van der Waals surface area contributed by atoms with Crippen LogP contribution in [0.4, 0.5) is 5.69 Å². The van der Waals surface area contributed by atoms with Gasteiger partial charge in [0, 0.05) is 0 Å². The summed E-state index contributed by atoms with van der Waals surface area (Å²) in [5, 5.41) is 2.91. The van der Waals surface area contributed by atoms with E-state index in [1.807, 2.05) is 52.0 Å². The lowest BCUT2D eigenvalue weighted by molar-refractivity contribution is -0.120. The topological polar surface area (TPSA) is 84.9 Å². The van der Waals surface area contributed by atoms with Crippen LogP contribution >= 0.6 is 0 Å². The summed E-state index contributed by atoms with van der Waals surface area (Å²) < 4.78 is 39.6. The lowest BCUT2D eigenvalue weighted by Gasteiger charge is -2.26. The van der Waals surface area contributed by atoms with Gasteiger partial charge in [0.1, 0.15) is 18.0 Å². The second-order valence-corrected chi connectivity index (χ2v) is 9.88. The van der Waals surface area contributed by atoms with Crippen LogP contribution in [0, 0.1) is 6.92 Å². The fourth-order valence-corrected chi connectivity index (χ4v) is 5.03. The maximum absolute atomic E-state index is 13.7. The van der Waals surface area contributed by atoms with Crippen LogP contribution in [0.5, 0.6) is 11.5 Å². The molecule has 0 aliphatic carbocycles. The van der Waals surface area contributed by atoms with Crippen molar-refractivity contribution in [3.63, 3.8) is 0 Å². The molecule has 0 radical (unpaired) electrons. The van der Waals surface area contributed by atoms with E-state index in [9.17, 15) is 13.2 Å². The van der Waals surface area contributed by atoms with Gasteiger partial charge in [0.25, 0.3) is 10.0 Å². The van der Waals surface area contributed by atoms with Crippen LogP contribution in [0.25, 0.3) is 0 Å². The molecule has 0 saturated heterocycles. The van der Waals surface area contributed by atoms with Gasteiger partial charge in [-0.3, -0.25) is 9.10 Å². The number of carbonyl (C=O) groups excluding carboxylic acids is 1. The third kappa shape index (κ3) is 6.54. The molecule has 0 aromatic heterocycles. The SMILES string of the molecule is CCOc1ccc([C@@H](C)NC(=O)CN(c2ccccc2OCC)S(=O)(=O)c2ccc(C)cc2)cc1. The number of hydrogen-bond acceptors (Lipinski definition) is 5. The first kappa shape index (κ1) is 26.1. The van der Waals surface area contributed by atoms with Crippen LogP contribution in [0.15, 0.2) is 77.7 Å². The highest BCUT2D eigenvalue weighted by Crippen LogP contribution is 2.32. The van der Waals surface area contributed by atoms with Gasteiger partial charge in [0.05, 0.1) is 29.8 Å². The number of nitrogens with zero attached hydrogens (tertiary/aromatic N) is 1. The van der Waals surface area contributed by atoms with Crippen LogP contribution in [-0.4, -0.2) is 34.1 Å². The second kappa shape index (κ2) is 11.8. The average Bonchev–Trinajstić information content (AvgIpc) is 2.84. The van der Waals surface area contributed by atoms with Crippen molar-refractivity contribution in [2.24, 2.45) is 0 Å². The zero-order valence-electron chi connectivity index (χ0n) is 20.5. The predicted octanol–water partition coefficient (Wildman–Crippen LogP) is 4.87. The van der Waals surface area contributed by atoms with Gasteiger partial charge in [-0.1, -0.05) is 42.0 Å². The fourth-order valence-electron chi connectivity index (χ4n) is 3.60. The molecule has 0 saturated carbocycles. The van der Waals surface area contributed by atoms with E-state index in [1.165, 1.54) is 0 Å². The van der Waals surface area contributed by atoms with Gasteiger partial charge in [0.15, 0.2) is 0 Å². The standard InChI is InChI=1S/C27H32N2O5S/c1-5-33-23-15-13-22(14-16-23)21(4)28-27(30)19-29(25-9-7-8-10-26(25)34-6-2)35(31,32)24-17-11-20(3)12-18-24/h7-18,21H,5-6,19H2,1-4H3,(H,28,30)/t21-/m1/s1. The van der Waals surface area contributed by atoms with E-state index < -0.39 is 22.5 Å². The molecule has 0 spiro atoms. The van der Waals surface area contributed by atoms with E-state index in [1.54, 1.807) is 48.5 Å². The fraction of sp³-hybridized carbons (Fsp3) is 0.296. The highest BCUT2D eigenvalue weighted by atomic mass is 32.2. The number of sulfonamides is 1.